The van der Waals surface area contributed by atoms with Crippen LogP contribution in [0.5, 0.6) is 0 Å². The van der Waals surface area contributed by atoms with E-state index in [0.29, 0.717) is 13.1 Å². The molecule has 5 nitrogen and oxygen atoms in total. The third-order valence-electron chi connectivity index (χ3n) is 4.30. The number of amides is 2. The number of hydrogen-bond acceptors (Lipinski definition) is 3. The molecule has 0 atom stereocenters. The number of benzene rings is 1. The minimum absolute atomic E-state index is 0.0444. The quantitative estimate of drug-likeness (QED) is 0.845. The Bertz CT molecular complexity index is 576. The van der Waals surface area contributed by atoms with E-state index in [1.807, 2.05) is 25.1 Å². The van der Waals surface area contributed by atoms with Crippen LogP contribution < -0.4 is 5.32 Å². The van der Waals surface area contributed by atoms with Gasteiger partial charge in [-0.1, -0.05) is 35.9 Å². The third-order valence-corrected chi connectivity index (χ3v) is 4.30. The van der Waals surface area contributed by atoms with Gasteiger partial charge < -0.3 is 15.0 Å². The summed E-state index contributed by atoms with van der Waals surface area (Å²) < 4.78 is 4.71. The van der Waals surface area contributed by atoms with E-state index in [4.69, 9.17) is 4.74 Å². The molecule has 2 amide bonds. The van der Waals surface area contributed by atoms with Crippen LogP contribution in [0.25, 0.3) is 0 Å². The minimum atomic E-state index is -0.295. The molecule has 2 rings (SSSR count). The van der Waals surface area contributed by atoms with Crippen molar-refractivity contribution in [3.8, 4) is 0 Å². The summed E-state index contributed by atoms with van der Waals surface area (Å²) in [5.74, 6) is -0.0444. The molecule has 0 saturated carbocycles. The van der Waals surface area contributed by atoms with Crippen LogP contribution in [0.1, 0.15) is 31.7 Å². The number of likely N-dealkylation sites (tertiary alicyclic amines) is 1. The van der Waals surface area contributed by atoms with Gasteiger partial charge in [-0.3, -0.25) is 4.79 Å². The van der Waals surface area contributed by atoms with Gasteiger partial charge in [-0.05, 0) is 38.2 Å². The first-order valence-electron chi connectivity index (χ1n) is 8.43. The van der Waals surface area contributed by atoms with E-state index >= 15 is 0 Å². The second-order valence-corrected chi connectivity index (χ2v) is 6.22. The molecule has 1 aromatic carbocycles. The van der Waals surface area contributed by atoms with Gasteiger partial charge in [-0.2, -0.15) is 0 Å². The van der Waals surface area contributed by atoms with Crippen molar-refractivity contribution in [3.05, 3.63) is 47.5 Å². The highest BCUT2D eigenvalue weighted by atomic mass is 16.5. The zero-order chi connectivity index (χ0) is 17.4. The summed E-state index contributed by atoms with van der Waals surface area (Å²) in [6.07, 6.45) is 4.73. The summed E-state index contributed by atoms with van der Waals surface area (Å²) in [7, 11) is 1.39. The van der Waals surface area contributed by atoms with Gasteiger partial charge in [0.2, 0.25) is 5.91 Å². The van der Waals surface area contributed by atoms with Gasteiger partial charge in [-0.15, -0.1) is 0 Å². The minimum Gasteiger partial charge on any atom is -0.453 e. The Morgan fingerprint density at radius 1 is 1.25 bits per heavy atom. The van der Waals surface area contributed by atoms with Crippen LogP contribution in [0.4, 0.5) is 4.79 Å². The number of rotatable bonds is 5. The van der Waals surface area contributed by atoms with Gasteiger partial charge in [0.25, 0.3) is 0 Å². The molecule has 0 aromatic heterocycles. The summed E-state index contributed by atoms with van der Waals surface area (Å²) in [4.78, 5) is 25.2. The van der Waals surface area contributed by atoms with E-state index in [2.05, 4.69) is 17.4 Å². The molecule has 1 aromatic rings. The van der Waals surface area contributed by atoms with Crippen molar-refractivity contribution >= 4 is 12.0 Å². The number of aryl methyl sites for hydroxylation is 1. The smallest absolute Gasteiger partial charge is 0.409 e. The fraction of sp³-hybridized carbons (Fsp3) is 0.474. The molecule has 1 saturated heterocycles. The third kappa shape index (κ3) is 5.72. The Hall–Kier alpha value is -2.30. The van der Waals surface area contributed by atoms with Gasteiger partial charge >= 0.3 is 6.09 Å². The first-order valence-corrected chi connectivity index (χ1v) is 8.43. The van der Waals surface area contributed by atoms with Crippen molar-refractivity contribution in [2.45, 2.75) is 38.6 Å². The molecule has 1 N–H and O–H groups in total. The Morgan fingerprint density at radius 3 is 2.54 bits per heavy atom. The van der Waals surface area contributed by atoms with E-state index in [0.717, 1.165) is 31.3 Å². The molecular formula is C19H26N2O3. The van der Waals surface area contributed by atoms with Crippen LogP contribution in [0.2, 0.25) is 0 Å². The highest BCUT2D eigenvalue weighted by Crippen LogP contribution is 2.12. The zero-order valence-corrected chi connectivity index (χ0v) is 14.5. The molecule has 5 heteroatoms. The topological polar surface area (TPSA) is 58.6 Å². The molecule has 1 aliphatic rings. The van der Waals surface area contributed by atoms with Crippen molar-refractivity contribution in [3.63, 3.8) is 0 Å². The molecule has 0 bridgehead atoms. The normalized spacial score (nSPS) is 15.9. The van der Waals surface area contributed by atoms with Crippen LogP contribution in [0.3, 0.4) is 0 Å². The van der Waals surface area contributed by atoms with Crippen LogP contribution >= 0.6 is 0 Å². The summed E-state index contributed by atoms with van der Waals surface area (Å²) in [6, 6.07) is 10.4. The second-order valence-electron chi connectivity index (χ2n) is 6.22. The molecule has 0 unspecified atom stereocenters. The van der Waals surface area contributed by atoms with Crippen LogP contribution in [0, 0.1) is 0 Å². The van der Waals surface area contributed by atoms with Gasteiger partial charge in [0.1, 0.15) is 0 Å². The van der Waals surface area contributed by atoms with E-state index in [-0.39, 0.29) is 18.0 Å². The maximum absolute atomic E-state index is 12.1. The number of nitrogens with one attached hydrogen (secondary N) is 1. The maximum atomic E-state index is 12.1. The molecule has 1 heterocycles. The lowest BCUT2D eigenvalue weighted by Gasteiger charge is -2.31. The van der Waals surface area contributed by atoms with Crippen molar-refractivity contribution in [2.75, 3.05) is 20.2 Å². The molecule has 130 valence electrons. The van der Waals surface area contributed by atoms with Gasteiger partial charge in [0.05, 0.1) is 7.11 Å². The van der Waals surface area contributed by atoms with Crippen molar-refractivity contribution in [1.29, 1.82) is 0 Å². The Morgan fingerprint density at radius 2 is 1.92 bits per heavy atom. The van der Waals surface area contributed by atoms with Crippen LogP contribution in [0.15, 0.2) is 42.0 Å². The number of piperidine rings is 1. The fourth-order valence-electron chi connectivity index (χ4n) is 2.86. The average molecular weight is 330 g/mol. The molecular weight excluding hydrogens is 304 g/mol. The molecule has 1 fully saturated rings. The Kier molecular flexibility index (Phi) is 6.85. The largest absolute Gasteiger partial charge is 0.453 e. The number of allylic oxidation sites excluding steroid dienone is 1. The lowest BCUT2D eigenvalue weighted by molar-refractivity contribution is -0.117. The fourth-order valence-corrected chi connectivity index (χ4v) is 2.86. The monoisotopic (exact) mass is 330 g/mol. The van der Waals surface area contributed by atoms with Gasteiger partial charge in [0, 0.05) is 25.2 Å². The molecule has 0 spiro atoms. The Labute approximate surface area is 143 Å². The SMILES string of the molecule is COC(=O)N1CCC(NC(=O)/C=C(/C)CCc2ccccc2)CC1. The van der Waals surface area contributed by atoms with E-state index in [9.17, 15) is 9.59 Å². The number of carbonyl (C=O) groups is 2. The zero-order valence-electron chi connectivity index (χ0n) is 14.5. The average Bonchev–Trinajstić information content (AvgIpc) is 2.60. The maximum Gasteiger partial charge on any atom is 0.409 e. The number of ether oxygens (including phenoxy) is 1. The highest BCUT2D eigenvalue weighted by molar-refractivity contribution is 5.88. The number of hydrogen-bond donors (Lipinski definition) is 1. The van der Waals surface area contributed by atoms with E-state index in [1.165, 1.54) is 12.7 Å². The van der Waals surface area contributed by atoms with Crippen molar-refractivity contribution in [2.24, 2.45) is 0 Å². The molecule has 1 aliphatic heterocycles. The van der Waals surface area contributed by atoms with Crippen molar-refractivity contribution < 1.29 is 14.3 Å². The number of methoxy groups -OCH3 is 1. The van der Waals surface area contributed by atoms with E-state index < -0.39 is 0 Å². The first kappa shape index (κ1) is 18.0. The standard InChI is InChI=1S/C19H26N2O3/c1-15(8-9-16-6-4-3-5-7-16)14-18(22)20-17-10-12-21(13-11-17)19(23)24-2/h3-7,14,17H,8-13H2,1-2H3,(H,20,22)/b15-14-. The van der Waals surface area contributed by atoms with Gasteiger partial charge in [-0.25, -0.2) is 4.79 Å². The van der Waals surface area contributed by atoms with Crippen LogP contribution in [-0.4, -0.2) is 43.1 Å². The van der Waals surface area contributed by atoms with E-state index in [1.54, 1.807) is 11.0 Å². The molecule has 24 heavy (non-hydrogen) atoms. The molecule has 0 aliphatic carbocycles. The Balaban J connectivity index is 1.73. The predicted octanol–water partition coefficient (Wildman–Crippen LogP) is 2.91. The summed E-state index contributed by atoms with van der Waals surface area (Å²) >= 11 is 0. The predicted molar refractivity (Wildman–Crippen MR) is 93.7 cm³/mol. The lowest BCUT2D eigenvalue weighted by Crippen LogP contribution is -2.46. The van der Waals surface area contributed by atoms with Gasteiger partial charge in [0.15, 0.2) is 0 Å². The number of nitrogens with zero attached hydrogens (tertiary/aromatic N) is 1. The first-order chi connectivity index (χ1) is 11.6. The summed E-state index contributed by atoms with van der Waals surface area (Å²) in [5.41, 5.74) is 2.35. The second kappa shape index (κ2) is 9.11. The number of carbonyl (C=O) groups excluding carboxylic acids is 2. The molecule has 0 radical (unpaired) electrons. The summed E-state index contributed by atoms with van der Waals surface area (Å²) in [5, 5.41) is 3.03. The lowest BCUT2D eigenvalue weighted by atomic mass is 10.0. The highest BCUT2D eigenvalue weighted by Gasteiger charge is 2.23. The summed E-state index contributed by atoms with van der Waals surface area (Å²) in [6.45, 7) is 3.23. The van der Waals surface area contributed by atoms with Crippen LogP contribution in [-0.2, 0) is 16.0 Å². The van der Waals surface area contributed by atoms with Crippen molar-refractivity contribution in [1.82, 2.24) is 10.2 Å².